The third kappa shape index (κ3) is 4.58. The van der Waals surface area contributed by atoms with E-state index in [0.29, 0.717) is 30.5 Å². The Kier molecular flexibility index (Phi) is 5.09. The molecule has 0 atom stereocenters. The molecule has 0 aromatic heterocycles. The molecular formula is C14H19ClN2O3. The predicted molar refractivity (Wildman–Crippen MR) is 77.1 cm³/mol. The standard InChI is InChI=1S/C14H19ClN2O3/c15-11-2-4-12(5-3-11)20-9-8-16-13(18)17-10-14(19)6-1-7-14/h2-5,19H,1,6-10H2,(H2,16,17,18). The lowest BCUT2D eigenvalue weighted by molar-refractivity contribution is -0.0290. The molecule has 1 fully saturated rings. The van der Waals surface area contributed by atoms with Crippen molar-refractivity contribution in [1.29, 1.82) is 0 Å². The summed E-state index contributed by atoms with van der Waals surface area (Å²) in [6, 6.07) is 6.75. The SMILES string of the molecule is O=C(NCCOc1ccc(Cl)cc1)NCC1(O)CCC1. The molecule has 20 heavy (non-hydrogen) atoms. The average Bonchev–Trinajstić information content (AvgIpc) is 2.41. The monoisotopic (exact) mass is 298 g/mol. The van der Waals surface area contributed by atoms with Crippen LogP contribution in [-0.2, 0) is 0 Å². The Bertz CT molecular complexity index is 446. The molecule has 0 heterocycles. The minimum Gasteiger partial charge on any atom is -0.492 e. The van der Waals surface area contributed by atoms with Crippen LogP contribution in [0.5, 0.6) is 5.75 Å². The molecule has 0 bridgehead atoms. The first-order chi connectivity index (χ1) is 9.57. The average molecular weight is 299 g/mol. The van der Waals surface area contributed by atoms with Gasteiger partial charge in [-0.15, -0.1) is 0 Å². The van der Waals surface area contributed by atoms with Crippen LogP contribution in [0.15, 0.2) is 24.3 Å². The summed E-state index contributed by atoms with van der Waals surface area (Å²) in [5.74, 6) is 0.709. The zero-order chi connectivity index (χ0) is 14.4. The summed E-state index contributed by atoms with van der Waals surface area (Å²) < 4.78 is 5.44. The van der Waals surface area contributed by atoms with Crippen LogP contribution in [0.25, 0.3) is 0 Å². The summed E-state index contributed by atoms with van der Waals surface area (Å²) in [6.45, 7) is 1.07. The summed E-state index contributed by atoms with van der Waals surface area (Å²) in [7, 11) is 0. The highest BCUT2D eigenvalue weighted by molar-refractivity contribution is 6.30. The zero-order valence-corrected chi connectivity index (χ0v) is 11.9. The fourth-order valence-corrected chi connectivity index (χ4v) is 2.06. The largest absolute Gasteiger partial charge is 0.492 e. The first-order valence-electron chi connectivity index (χ1n) is 6.70. The molecule has 2 amide bonds. The van der Waals surface area contributed by atoms with Crippen molar-refractivity contribution in [3.05, 3.63) is 29.3 Å². The third-order valence-electron chi connectivity index (χ3n) is 3.33. The van der Waals surface area contributed by atoms with E-state index in [9.17, 15) is 9.90 Å². The first-order valence-corrected chi connectivity index (χ1v) is 7.08. The van der Waals surface area contributed by atoms with Crippen molar-refractivity contribution in [2.75, 3.05) is 19.7 Å². The highest BCUT2D eigenvalue weighted by Gasteiger charge is 2.34. The van der Waals surface area contributed by atoms with Crippen LogP contribution < -0.4 is 15.4 Å². The summed E-state index contributed by atoms with van der Waals surface area (Å²) in [5, 5.41) is 15.8. The number of urea groups is 1. The van der Waals surface area contributed by atoms with Gasteiger partial charge < -0.3 is 20.5 Å². The number of ether oxygens (including phenoxy) is 1. The van der Waals surface area contributed by atoms with Crippen LogP contribution in [0.2, 0.25) is 5.02 Å². The van der Waals surface area contributed by atoms with E-state index in [2.05, 4.69) is 10.6 Å². The molecule has 110 valence electrons. The Morgan fingerprint density at radius 3 is 2.60 bits per heavy atom. The van der Waals surface area contributed by atoms with Crippen molar-refractivity contribution in [3.63, 3.8) is 0 Å². The van der Waals surface area contributed by atoms with Gasteiger partial charge in [-0.2, -0.15) is 0 Å². The predicted octanol–water partition coefficient (Wildman–Crippen LogP) is 1.93. The second-order valence-electron chi connectivity index (χ2n) is 4.99. The Hall–Kier alpha value is -1.46. The van der Waals surface area contributed by atoms with Crippen molar-refractivity contribution in [3.8, 4) is 5.75 Å². The molecule has 6 heteroatoms. The minimum atomic E-state index is -0.697. The minimum absolute atomic E-state index is 0.287. The number of carbonyl (C=O) groups excluding carboxylic acids is 1. The van der Waals surface area contributed by atoms with E-state index < -0.39 is 5.60 Å². The van der Waals surface area contributed by atoms with Gasteiger partial charge >= 0.3 is 6.03 Å². The number of benzene rings is 1. The van der Waals surface area contributed by atoms with Crippen molar-refractivity contribution in [2.45, 2.75) is 24.9 Å². The Morgan fingerprint density at radius 2 is 2.00 bits per heavy atom. The molecule has 1 saturated carbocycles. The fraction of sp³-hybridized carbons (Fsp3) is 0.500. The van der Waals surface area contributed by atoms with Gasteiger partial charge in [0.15, 0.2) is 0 Å². The van der Waals surface area contributed by atoms with E-state index >= 15 is 0 Å². The van der Waals surface area contributed by atoms with E-state index in [-0.39, 0.29) is 6.03 Å². The molecule has 1 aliphatic carbocycles. The van der Waals surface area contributed by atoms with E-state index in [1.54, 1.807) is 24.3 Å². The highest BCUT2D eigenvalue weighted by atomic mass is 35.5. The van der Waals surface area contributed by atoms with Gasteiger partial charge in [0.25, 0.3) is 0 Å². The molecule has 0 saturated heterocycles. The van der Waals surface area contributed by atoms with Crippen LogP contribution in [0.3, 0.4) is 0 Å². The number of rotatable bonds is 6. The van der Waals surface area contributed by atoms with Gasteiger partial charge in [-0.05, 0) is 43.5 Å². The van der Waals surface area contributed by atoms with Crippen LogP contribution in [0, 0.1) is 0 Å². The molecule has 1 aromatic rings. The number of nitrogens with one attached hydrogen (secondary N) is 2. The smallest absolute Gasteiger partial charge is 0.315 e. The van der Waals surface area contributed by atoms with E-state index in [4.69, 9.17) is 16.3 Å². The summed E-state index contributed by atoms with van der Waals surface area (Å²) in [5.41, 5.74) is -0.697. The van der Waals surface area contributed by atoms with Gasteiger partial charge in [0.1, 0.15) is 12.4 Å². The molecule has 0 radical (unpaired) electrons. The van der Waals surface area contributed by atoms with Gasteiger partial charge in [0.2, 0.25) is 0 Å². The van der Waals surface area contributed by atoms with Gasteiger partial charge in [0.05, 0.1) is 12.1 Å². The molecule has 0 aliphatic heterocycles. The van der Waals surface area contributed by atoms with Crippen molar-refractivity contribution in [2.24, 2.45) is 0 Å². The molecule has 3 N–H and O–H groups in total. The Balaban J connectivity index is 1.56. The summed E-state index contributed by atoms with van der Waals surface area (Å²) >= 11 is 5.76. The summed E-state index contributed by atoms with van der Waals surface area (Å²) in [4.78, 5) is 11.5. The van der Waals surface area contributed by atoms with Crippen molar-refractivity contribution in [1.82, 2.24) is 10.6 Å². The topological polar surface area (TPSA) is 70.6 Å². The van der Waals surface area contributed by atoms with Gasteiger partial charge in [-0.25, -0.2) is 4.79 Å². The van der Waals surface area contributed by atoms with E-state index in [1.165, 1.54) is 0 Å². The van der Waals surface area contributed by atoms with Gasteiger partial charge in [-0.3, -0.25) is 0 Å². The Labute approximate surface area is 123 Å². The molecule has 5 nitrogen and oxygen atoms in total. The van der Waals surface area contributed by atoms with E-state index in [0.717, 1.165) is 19.3 Å². The lowest BCUT2D eigenvalue weighted by atomic mass is 9.80. The maximum atomic E-state index is 11.5. The fourth-order valence-electron chi connectivity index (χ4n) is 1.93. The van der Waals surface area contributed by atoms with Crippen LogP contribution in [0.4, 0.5) is 4.79 Å². The normalized spacial score (nSPS) is 16.1. The van der Waals surface area contributed by atoms with Crippen LogP contribution in [0.1, 0.15) is 19.3 Å². The molecule has 0 unspecified atom stereocenters. The number of carbonyl (C=O) groups is 1. The van der Waals surface area contributed by atoms with Crippen LogP contribution in [-0.4, -0.2) is 36.4 Å². The quantitative estimate of drug-likeness (QED) is 0.703. The number of halogens is 1. The zero-order valence-electron chi connectivity index (χ0n) is 11.2. The number of hydrogen-bond donors (Lipinski definition) is 3. The first kappa shape index (κ1) is 14.9. The van der Waals surface area contributed by atoms with Crippen molar-refractivity contribution < 1.29 is 14.6 Å². The maximum Gasteiger partial charge on any atom is 0.315 e. The van der Waals surface area contributed by atoms with Gasteiger partial charge in [0, 0.05) is 11.6 Å². The molecule has 0 spiro atoms. The number of hydrogen-bond acceptors (Lipinski definition) is 3. The number of aliphatic hydroxyl groups is 1. The third-order valence-corrected chi connectivity index (χ3v) is 3.58. The van der Waals surface area contributed by atoms with Crippen molar-refractivity contribution >= 4 is 17.6 Å². The highest BCUT2D eigenvalue weighted by Crippen LogP contribution is 2.30. The lowest BCUT2D eigenvalue weighted by Crippen LogP contribution is -2.50. The molecule has 2 rings (SSSR count). The van der Waals surface area contributed by atoms with Crippen LogP contribution >= 0.6 is 11.6 Å². The molecule has 1 aromatic carbocycles. The molecule has 1 aliphatic rings. The second kappa shape index (κ2) is 6.81. The second-order valence-corrected chi connectivity index (χ2v) is 5.43. The van der Waals surface area contributed by atoms with Gasteiger partial charge in [-0.1, -0.05) is 11.6 Å². The Morgan fingerprint density at radius 1 is 1.30 bits per heavy atom. The lowest BCUT2D eigenvalue weighted by Gasteiger charge is -2.36. The van der Waals surface area contributed by atoms with E-state index in [1.807, 2.05) is 0 Å². The summed E-state index contributed by atoms with van der Waals surface area (Å²) in [6.07, 6.45) is 2.54. The maximum absolute atomic E-state index is 11.5. The molecular weight excluding hydrogens is 280 g/mol. The number of amides is 2.